The summed E-state index contributed by atoms with van der Waals surface area (Å²) in [6, 6.07) is 22.6. The predicted octanol–water partition coefficient (Wildman–Crippen LogP) is 5.44. The summed E-state index contributed by atoms with van der Waals surface area (Å²) in [4.78, 5) is 2.39. The van der Waals surface area contributed by atoms with Crippen LogP contribution in [0.3, 0.4) is 0 Å². The van der Waals surface area contributed by atoms with Gasteiger partial charge in [0.15, 0.2) is 0 Å². The van der Waals surface area contributed by atoms with Crippen LogP contribution in [0.4, 0.5) is 5.69 Å². The van der Waals surface area contributed by atoms with Crippen LogP contribution in [0.15, 0.2) is 66.7 Å². The highest BCUT2D eigenvalue weighted by Crippen LogP contribution is 2.34. The second-order valence-electron chi connectivity index (χ2n) is 10.7. The van der Waals surface area contributed by atoms with Gasteiger partial charge in [0.05, 0.1) is 45.3 Å². The van der Waals surface area contributed by atoms with E-state index in [1.165, 1.54) is 11.1 Å². The summed E-state index contributed by atoms with van der Waals surface area (Å²) in [6.07, 6.45) is 2.93. The lowest BCUT2D eigenvalue weighted by molar-refractivity contribution is 0.0106. The first-order chi connectivity index (χ1) is 20.7. The van der Waals surface area contributed by atoms with Gasteiger partial charge >= 0.3 is 0 Å². The zero-order valence-electron chi connectivity index (χ0n) is 24.9. The van der Waals surface area contributed by atoms with Crippen molar-refractivity contribution in [2.75, 3.05) is 71.7 Å². The summed E-state index contributed by atoms with van der Waals surface area (Å²) in [5, 5.41) is 3.52. The quantitative estimate of drug-likeness (QED) is 0.240. The van der Waals surface area contributed by atoms with Gasteiger partial charge in [-0.15, -0.1) is 0 Å². The Hall–Kier alpha value is -3.46. The first kappa shape index (κ1) is 30.0. The van der Waals surface area contributed by atoms with Crippen molar-refractivity contribution in [3.8, 4) is 23.0 Å². The van der Waals surface area contributed by atoms with Crippen LogP contribution < -0.4 is 29.2 Å². The summed E-state index contributed by atoms with van der Waals surface area (Å²) in [5.41, 5.74) is 3.61. The van der Waals surface area contributed by atoms with E-state index in [0.717, 1.165) is 80.7 Å². The van der Waals surface area contributed by atoms with Gasteiger partial charge in [0.1, 0.15) is 29.6 Å². The molecule has 42 heavy (non-hydrogen) atoms. The number of anilines is 1. The molecule has 0 aliphatic carbocycles. The van der Waals surface area contributed by atoms with Crippen molar-refractivity contribution in [2.24, 2.45) is 0 Å². The lowest BCUT2D eigenvalue weighted by Gasteiger charge is -2.33. The Bertz CT molecular complexity index is 1240. The molecule has 0 radical (unpaired) electrons. The standard InChI is InChI=1S/C34H44N2O6/c1-37-18-4-16-36-17-21-41-33-13-8-26(22-32(33)36)25-42-34-24-35-15-14-31(34)27-9-11-28(12-10-27)39-19-5-20-40-30-7-3-6-29(23-30)38-2/h3,6-13,22-23,31,34-35H,4-5,14-21,24-25H2,1-2H3/t31-,34+/m1/s1. The van der Waals surface area contributed by atoms with Gasteiger partial charge < -0.3 is 38.6 Å². The van der Waals surface area contributed by atoms with E-state index >= 15 is 0 Å². The van der Waals surface area contributed by atoms with Crippen LogP contribution in [0.1, 0.15) is 36.3 Å². The Morgan fingerprint density at radius 1 is 0.881 bits per heavy atom. The van der Waals surface area contributed by atoms with E-state index in [9.17, 15) is 0 Å². The third kappa shape index (κ3) is 8.31. The van der Waals surface area contributed by atoms with E-state index < -0.39 is 0 Å². The monoisotopic (exact) mass is 576 g/mol. The van der Waals surface area contributed by atoms with Gasteiger partial charge in [-0.25, -0.2) is 0 Å². The number of fused-ring (bicyclic) bond motifs is 1. The third-order valence-electron chi connectivity index (χ3n) is 7.83. The maximum absolute atomic E-state index is 6.54. The molecule has 1 N–H and O–H groups in total. The van der Waals surface area contributed by atoms with Gasteiger partial charge in [-0.3, -0.25) is 0 Å². The van der Waals surface area contributed by atoms with Crippen LogP contribution >= 0.6 is 0 Å². The van der Waals surface area contributed by atoms with Gasteiger partial charge in [0.25, 0.3) is 0 Å². The number of nitrogens with zero attached hydrogens (tertiary/aromatic N) is 1. The molecule has 3 aromatic rings. The number of benzene rings is 3. The number of hydrogen-bond acceptors (Lipinski definition) is 8. The van der Waals surface area contributed by atoms with Gasteiger partial charge in [-0.1, -0.05) is 24.3 Å². The molecule has 0 unspecified atom stereocenters. The van der Waals surface area contributed by atoms with Crippen molar-refractivity contribution in [3.63, 3.8) is 0 Å². The number of piperidine rings is 1. The first-order valence-electron chi connectivity index (χ1n) is 15.0. The molecule has 0 bridgehead atoms. The maximum atomic E-state index is 6.54. The summed E-state index contributed by atoms with van der Waals surface area (Å²) >= 11 is 0. The average molecular weight is 577 g/mol. The van der Waals surface area contributed by atoms with Crippen molar-refractivity contribution in [1.29, 1.82) is 0 Å². The Labute approximate surface area is 249 Å². The smallest absolute Gasteiger partial charge is 0.142 e. The van der Waals surface area contributed by atoms with E-state index in [-0.39, 0.29) is 6.10 Å². The molecule has 8 nitrogen and oxygen atoms in total. The second-order valence-corrected chi connectivity index (χ2v) is 10.7. The molecule has 8 heteroatoms. The van der Waals surface area contributed by atoms with E-state index in [4.69, 9.17) is 28.4 Å². The summed E-state index contributed by atoms with van der Waals surface area (Å²) in [7, 11) is 3.41. The van der Waals surface area contributed by atoms with E-state index in [2.05, 4.69) is 52.7 Å². The fourth-order valence-electron chi connectivity index (χ4n) is 5.57. The second kappa shape index (κ2) is 15.7. The molecule has 0 spiro atoms. The lowest BCUT2D eigenvalue weighted by atomic mass is 9.87. The topological polar surface area (TPSA) is 70.7 Å². The molecule has 5 rings (SSSR count). The van der Waals surface area contributed by atoms with Crippen molar-refractivity contribution in [2.45, 2.75) is 37.9 Å². The van der Waals surface area contributed by atoms with Gasteiger partial charge in [0, 0.05) is 45.2 Å². The summed E-state index contributed by atoms with van der Waals surface area (Å²) < 4.78 is 34.7. The van der Waals surface area contributed by atoms with Crippen molar-refractivity contribution < 1.29 is 28.4 Å². The molecule has 226 valence electrons. The van der Waals surface area contributed by atoms with Gasteiger partial charge in [-0.05, 0) is 66.9 Å². The molecule has 3 aromatic carbocycles. The zero-order chi connectivity index (χ0) is 29.0. The molecular formula is C34H44N2O6. The highest BCUT2D eigenvalue weighted by molar-refractivity contribution is 5.61. The Kier molecular flexibility index (Phi) is 11.2. The Morgan fingerprint density at radius 2 is 1.71 bits per heavy atom. The van der Waals surface area contributed by atoms with Crippen molar-refractivity contribution >= 4 is 5.69 Å². The van der Waals surface area contributed by atoms with Crippen LogP contribution in [-0.4, -0.2) is 72.9 Å². The fourth-order valence-corrected chi connectivity index (χ4v) is 5.57. The lowest BCUT2D eigenvalue weighted by Crippen LogP contribution is -2.41. The van der Waals surface area contributed by atoms with E-state index in [0.29, 0.717) is 32.3 Å². The molecule has 0 amide bonds. The summed E-state index contributed by atoms with van der Waals surface area (Å²) in [6.45, 7) is 6.91. The van der Waals surface area contributed by atoms with E-state index in [1.54, 1.807) is 14.2 Å². The van der Waals surface area contributed by atoms with Crippen LogP contribution in [0, 0.1) is 0 Å². The predicted molar refractivity (Wildman–Crippen MR) is 164 cm³/mol. The molecule has 1 fully saturated rings. The first-order valence-corrected chi connectivity index (χ1v) is 15.0. The van der Waals surface area contributed by atoms with Crippen LogP contribution in [0.2, 0.25) is 0 Å². The maximum Gasteiger partial charge on any atom is 0.142 e. The number of rotatable bonds is 15. The molecule has 2 aliphatic rings. The number of hydrogen-bond donors (Lipinski definition) is 1. The number of ether oxygens (including phenoxy) is 6. The van der Waals surface area contributed by atoms with E-state index in [1.807, 2.05) is 24.3 Å². The number of nitrogens with one attached hydrogen (secondary N) is 1. The van der Waals surface area contributed by atoms with Crippen LogP contribution in [-0.2, 0) is 16.1 Å². The molecule has 2 atom stereocenters. The molecular weight excluding hydrogens is 532 g/mol. The molecule has 0 aromatic heterocycles. The average Bonchev–Trinajstić information content (AvgIpc) is 3.04. The normalized spacial score (nSPS) is 18.2. The number of methoxy groups -OCH3 is 2. The summed E-state index contributed by atoms with van der Waals surface area (Å²) in [5.74, 6) is 3.75. The zero-order valence-corrected chi connectivity index (χ0v) is 24.9. The molecule has 2 heterocycles. The SMILES string of the molecule is COCCCN1CCOc2ccc(CO[C@H]3CNCC[C@@H]3c3ccc(OCCCOc4cccc(OC)c4)cc3)cc21. The van der Waals surface area contributed by atoms with Crippen LogP contribution in [0.5, 0.6) is 23.0 Å². The minimum absolute atomic E-state index is 0.101. The van der Waals surface area contributed by atoms with Gasteiger partial charge in [-0.2, -0.15) is 0 Å². The molecule has 2 aliphatic heterocycles. The Morgan fingerprint density at radius 3 is 2.55 bits per heavy atom. The van der Waals surface area contributed by atoms with Crippen molar-refractivity contribution in [3.05, 3.63) is 77.9 Å². The minimum Gasteiger partial charge on any atom is -0.497 e. The van der Waals surface area contributed by atoms with Gasteiger partial charge in [0.2, 0.25) is 0 Å². The molecule has 0 saturated carbocycles. The minimum atomic E-state index is 0.101. The van der Waals surface area contributed by atoms with Crippen molar-refractivity contribution in [1.82, 2.24) is 5.32 Å². The highest BCUT2D eigenvalue weighted by atomic mass is 16.5. The Balaban J connectivity index is 1.10. The van der Waals surface area contributed by atoms with Crippen LogP contribution in [0.25, 0.3) is 0 Å². The highest BCUT2D eigenvalue weighted by Gasteiger charge is 2.27. The fraction of sp³-hybridized carbons (Fsp3) is 0.471. The molecule has 1 saturated heterocycles. The third-order valence-corrected chi connectivity index (χ3v) is 7.83. The largest absolute Gasteiger partial charge is 0.497 e.